The molecule has 1 saturated heterocycles. The van der Waals surface area contributed by atoms with Gasteiger partial charge in [-0.2, -0.15) is 0 Å². The second kappa shape index (κ2) is 11.5. The Hall–Kier alpha value is -5.13. The molecule has 5 heterocycles. The minimum atomic E-state index is -1.74. The van der Waals surface area contributed by atoms with Gasteiger partial charge in [0.25, 0.3) is 11.8 Å². The number of aromatic hydroxyl groups is 2. The molecule has 0 bridgehead atoms. The summed E-state index contributed by atoms with van der Waals surface area (Å²) in [7, 11) is 1.53. The third-order valence-electron chi connectivity index (χ3n) is 9.17. The van der Waals surface area contributed by atoms with Crippen LogP contribution in [0.2, 0.25) is 0 Å². The molecule has 0 spiro atoms. The standard InChI is InChI=1S/C34H30N4O11/c1-47-12-14-3-2-4-15(35-14)13-48-38-32(45)25-23-18-7-5-16(40)9-20(18)36-27(23)28-24(26(25)33(38)46)19-8-6-17(41)10-21(19)37(28)34-31(44)30(43)29(42)22(11-39)49-34/h2-10,22,29-31,34,36,39-44H,11-13H2,1H3/t22-,29-,30+,31-,34-/m1/s1. The zero-order chi connectivity index (χ0) is 34.3. The third-order valence-corrected chi connectivity index (χ3v) is 9.17. The van der Waals surface area contributed by atoms with Crippen LogP contribution in [0.1, 0.15) is 38.3 Å². The number of aromatic amines is 1. The average molecular weight is 671 g/mol. The van der Waals surface area contributed by atoms with Gasteiger partial charge >= 0.3 is 0 Å². The number of carbonyl (C=O) groups is 2. The maximum Gasteiger partial charge on any atom is 0.286 e. The summed E-state index contributed by atoms with van der Waals surface area (Å²) in [5, 5.41) is 65.6. The average Bonchev–Trinajstić information content (AvgIpc) is 3.70. The Morgan fingerprint density at radius 2 is 1.53 bits per heavy atom. The van der Waals surface area contributed by atoms with Crippen LogP contribution in [0.4, 0.5) is 0 Å². The number of hydroxylamine groups is 2. The van der Waals surface area contributed by atoms with E-state index < -0.39 is 49.1 Å². The van der Waals surface area contributed by atoms with Crippen molar-refractivity contribution in [1.29, 1.82) is 0 Å². The lowest BCUT2D eigenvalue weighted by Crippen LogP contribution is -2.56. The molecule has 15 nitrogen and oxygen atoms in total. The fourth-order valence-electron chi connectivity index (χ4n) is 7.04. The van der Waals surface area contributed by atoms with Crippen LogP contribution < -0.4 is 0 Å². The molecule has 3 aromatic heterocycles. The number of H-pyrrole nitrogens is 1. The molecule has 6 aromatic rings. The van der Waals surface area contributed by atoms with Crippen molar-refractivity contribution in [1.82, 2.24) is 19.6 Å². The van der Waals surface area contributed by atoms with E-state index in [-0.39, 0.29) is 52.3 Å². The van der Waals surface area contributed by atoms with Crippen LogP contribution in [-0.4, -0.2) is 100 Å². The number of aromatic nitrogens is 3. The lowest BCUT2D eigenvalue weighted by Gasteiger charge is -2.41. The Balaban J connectivity index is 1.41. The Bertz CT molecular complexity index is 2330. The van der Waals surface area contributed by atoms with E-state index in [2.05, 4.69) is 9.97 Å². The number of carbonyl (C=O) groups excluding carboxylic acids is 2. The molecule has 49 heavy (non-hydrogen) atoms. The molecule has 0 unspecified atom stereocenters. The number of hydrogen-bond acceptors (Lipinski definition) is 12. The molecule has 15 heteroatoms. The number of phenols is 2. The first-order chi connectivity index (χ1) is 23.6. The summed E-state index contributed by atoms with van der Waals surface area (Å²) in [6.07, 6.45) is -7.86. The first-order valence-corrected chi connectivity index (χ1v) is 15.4. The van der Waals surface area contributed by atoms with E-state index >= 15 is 0 Å². The Kier molecular flexibility index (Phi) is 7.31. The molecule has 2 amide bonds. The maximum atomic E-state index is 14.4. The van der Waals surface area contributed by atoms with Gasteiger partial charge < -0.3 is 49.7 Å². The highest BCUT2D eigenvalue weighted by atomic mass is 16.7. The molecule has 7 N–H and O–H groups in total. The summed E-state index contributed by atoms with van der Waals surface area (Å²) >= 11 is 0. The number of methoxy groups -OCH3 is 1. The number of pyridine rings is 1. The predicted octanol–water partition coefficient (Wildman–Crippen LogP) is 2.08. The molecule has 2 aliphatic rings. The first kappa shape index (κ1) is 31.2. The van der Waals surface area contributed by atoms with Gasteiger partial charge in [0.2, 0.25) is 0 Å². The number of aliphatic hydroxyl groups excluding tert-OH is 4. The lowest BCUT2D eigenvalue weighted by atomic mass is 9.96. The number of benzene rings is 3. The number of hydrogen-bond donors (Lipinski definition) is 7. The van der Waals surface area contributed by atoms with Gasteiger partial charge in [-0.3, -0.25) is 19.4 Å². The van der Waals surface area contributed by atoms with Crippen molar-refractivity contribution in [2.24, 2.45) is 0 Å². The molecule has 3 aromatic carbocycles. The molecule has 0 aliphatic carbocycles. The van der Waals surface area contributed by atoms with Gasteiger partial charge in [0, 0.05) is 40.8 Å². The zero-order valence-electron chi connectivity index (χ0n) is 25.8. The molecule has 0 radical (unpaired) electrons. The number of phenolic OH excluding ortho intramolecular Hbond substituents is 2. The number of nitrogens with zero attached hydrogens (tertiary/aromatic N) is 3. The second-order valence-corrected chi connectivity index (χ2v) is 12.1. The Morgan fingerprint density at radius 3 is 2.24 bits per heavy atom. The number of amides is 2. The highest BCUT2D eigenvalue weighted by Gasteiger charge is 2.47. The van der Waals surface area contributed by atoms with Crippen molar-refractivity contribution in [3.05, 3.63) is 77.1 Å². The number of ether oxygens (including phenoxy) is 2. The quantitative estimate of drug-likeness (QED) is 0.121. The van der Waals surface area contributed by atoms with Crippen LogP contribution in [0, 0.1) is 0 Å². The maximum absolute atomic E-state index is 14.4. The second-order valence-electron chi connectivity index (χ2n) is 12.1. The van der Waals surface area contributed by atoms with E-state index in [1.54, 1.807) is 30.3 Å². The fourth-order valence-corrected chi connectivity index (χ4v) is 7.04. The van der Waals surface area contributed by atoms with Gasteiger partial charge in [-0.25, -0.2) is 0 Å². The Labute approximate surface area is 275 Å². The van der Waals surface area contributed by atoms with Gasteiger partial charge in [0.1, 0.15) is 42.5 Å². The highest BCUT2D eigenvalue weighted by molar-refractivity contribution is 6.39. The zero-order valence-corrected chi connectivity index (χ0v) is 25.8. The fraction of sp³-hybridized carbons (Fsp3) is 0.265. The largest absolute Gasteiger partial charge is 0.508 e. The van der Waals surface area contributed by atoms with Gasteiger partial charge in [-0.15, -0.1) is 5.06 Å². The molecule has 252 valence electrons. The van der Waals surface area contributed by atoms with E-state index in [0.29, 0.717) is 43.6 Å². The topological polar surface area (TPSA) is 220 Å². The number of nitrogens with one attached hydrogen (secondary N) is 1. The predicted molar refractivity (Wildman–Crippen MR) is 171 cm³/mol. The minimum absolute atomic E-state index is 0.0199. The van der Waals surface area contributed by atoms with Crippen molar-refractivity contribution >= 4 is 55.4 Å². The summed E-state index contributed by atoms with van der Waals surface area (Å²) in [6.45, 7) is -0.665. The number of fused-ring (bicyclic) bond motifs is 10. The van der Waals surface area contributed by atoms with Gasteiger partial charge in [-0.05, 0) is 36.4 Å². The smallest absolute Gasteiger partial charge is 0.286 e. The summed E-state index contributed by atoms with van der Waals surface area (Å²) in [5.41, 5.74) is 2.27. The van der Waals surface area contributed by atoms with E-state index in [0.717, 1.165) is 0 Å². The highest BCUT2D eigenvalue weighted by Crippen LogP contribution is 2.48. The molecule has 5 atom stereocenters. The third kappa shape index (κ3) is 4.59. The summed E-state index contributed by atoms with van der Waals surface area (Å²) in [6, 6.07) is 14.0. The number of aliphatic hydroxyl groups is 4. The monoisotopic (exact) mass is 670 g/mol. The number of rotatable bonds is 7. The summed E-state index contributed by atoms with van der Waals surface area (Å²) in [4.78, 5) is 42.2. The van der Waals surface area contributed by atoms with Crippen molar-refractivity contribution < 1.29 is 54.5 Å². The Morgan fingerprint density at radius 1 is 0.857 bits per heavy atom. The van der Waals surface area contributed by atoms with E-state index in [1.807, 2.05) is 0 Å². The molecule has 2 aliphatic heterocycles. The van der Waals surface area contributed by atoms with Crippen LogP contribution in [0.15, 0.2) is 54.6 Å². The van der Waals surface area contributed by atoms with Crippen LogP contribution in [0.5, 0.6) is 11.5 Å². The number of imide groups is 1. The van der Waals surface area contributed by atoms with Gasteiger partial charge in [-0.1, -0.05) is 6.07 Å². The first-order valence-electron chi connectivity index (χ1n) is 15.4. The van der Waals surface area contributed by atoms with Crippen molar-refractivity contribution in [2.45, 2.75) is 43.9 Å². The molecule has 0 saturated carbocycles. The molecule has 1 fully saturated rings. The van der Waals surface area contributed by atoms with Crippen LogP contribution in [-0.2, 0) is 27.5 Å². The normalized spacial score (nSPS) is 22.7. The lowest BCUT2D eigenvalue weighted by molar-refractivity contribution is -0.249. The molecular weight excluding hydrogens is 640 g/mol. The molecular formula is C34H30N4O11. The summed E-state index contributed by atoms with van der Waals surface area (Å²) in [5.74, 6) is -1.77. The van der Waals surface area contributed by atoms with Crippen LogP contribution >= 0.6 is 0 Å². The summed E-state index contributed by atoms with van der Waals surface area (Å²) < 4.78 is 12.6. The van der Waals surface area contributed by atoms with E-state index in [9.17, 15) is 40.2 Å². The van der Waals surface area contributed by atoms with Crippen LogP contribution in [0.3, 0.4) is 0 Å². The van der Waals surface area contributed by atoms with E-state index in [1.165, 1.54) is 35.9 Å². The van der Waals surface area contributed by atoms with E-state index in [4.69, 9.17) is 14.3 Å². The minimum Gasteiger partial charge on any atom is -0.508 e. The van der Waals surface area contributed by atoms with Crippen molar-refractivity contribution in [3.63, 3.8) is 0 Å². The van der Waals surface area contributed by atoms with Crippen LogP contribution in [0.25, 0.3) is 43.6 Å². The van der Waals surface area contributed by atoms with Gasteiger partial charge in [0.05, 0.1) is 57.8 Å². The van der Waals surface area contributed by atoms with Crippen molar-refractivity contribution in [2.75, 3.05) is 13.7 Å². The van der Waals surface area contributed by atoms with Gasteiger partial charge in [0.15, 0.2) is 6.23 Å². The molecule has 8 rings (SSSR count). The SMILES string of the molecule is COCc1cccc(CON2C(=O)c3c(c4c5ccc(O)cc5n([C@@H]5O[C@H](CO)[C@@H](O)[C@H](O)[C@H]5O)c4c4[nH]c5cc(O)ccc5c34)C2=O)n1. The van der Waals surface area contributed by atoms with Crippen molar-refractivity contribution in [3.8, 4) is 11.5 Å².